The summed E-state index contributed by atoms with van der Waals surface area (Å²) in [7, 11) is -2.62. The Labute approximate surface area is 164 Å². The third kappa shape index (κ3) is 2.99. The van der Waals surface area contributed by atoms with Gasteiger partial charge in [-0.3, -0.25) is 5.32 Å². The minimum absolute atomic E-state index is 0.0742. The Hall–Kier alpha value is -2.36. The first-order chi connectivity index (χ1) is 12.7. The molecule has 1 fully saturated rings. The summed E-state index contributed by atoms with van der Waals surface area (Å²) in [5, 5.41) is 2.39. The Morgan fingerprint density at radius 2 is 1.96 bits per heavy atom. The topological polar surface area (TPSA) is 114 Å². The van der Waals surface area contributed by atoms with Crippen LogP contribution in [0.5, 0.6) is 0 Å². The van der Waals surface area contributed by atoms with Crippen LogP contribution in [0, 0.1) is 5.82 Å². The molecule has 3 rings (SSSR count). The summed E-state index contributed by atoms with van der Waals surface area (Å²) in [6, 6.07) is 3.98. The van der Waals surface area contributed by atoms with Gasteiger partial charge in [0.15, 0.2) is 0 Å². The van der Waals surface area contributed by atoms with Crippen molar-refractivity contribution in [3.8, 4) is 0 Å². The number of nitrogen functional groups attached to an aromatic ring is 1. The summed E-state index contributed by atoms with van der Waals surface area (Å²) in [4.78, 5) is 16.7. The molecule has 1 atom stereocenters. The highest BCUT2D eigenvalue weighted by Crippen LogP contribution is 2.60. The number of sulfonamides is 1. The standard InChI is InChI=1S/C18H25FN4O4S/c1-16(2,3)27-15(24)21-14-22-17(4,12-10-11(20)6-7-13(12)19)18(8-9-18)28(25,26)23(14)5/h6-7,10H,8-9,20H2,1-5H3,(H,21,22,24). The molecule has 1 aliphatic heterocycles. The zero-order chi connectivity index (χ0) is 21.1. The van der Waals surface area contributed by atoms with Crippen molar-refractivity contribution in [1.82, 2.24) is 9.62 Å². The van der Waals surface area contributed by atoms with E-state index in [9.17, 15) is 17.6 Å². The first kappa shape index (κ1) is 20.4. The number of carbonyl (C=O) groups excluding carboxylic acids is 1. The zero-order valence-electron chi connectivity index (χ0n) is 16.5. The number of benzene rings is 1. The van der Waals surface area contributed by atoms with Gasteiger partial charge in [0.2, 0.25) is 16.0 Å². The highest BCUT2D eigenvalue weighted by molar-refractivity contribution is 7.91. The fourth-order valence-electron chi connectivity index (χ4n) is 3.59. The van der Waals surface area contributed by atoms with Crippen molar-refractivity contribution in [2.45, 2.75) is 56.4 Å². The van der Waals surface area contributed by atoms with E-state index in [-0.39, 0.29) is 11.5 Å². The largest absolute Gasteiger partial charge is 0.444 e. The quantitative estimate of drug-likeness (QED) is 0.687. The summed E-state index contributed by atoms with van der Waals surface area (Å²) in [6.07, 6.45) is -0.197. The van der Waals surface area contributed by atoms with Gasteiger partial charge in [-0.25, -0.2) is 26.9 Å². The van der Waals surface area contributed by atoms with Crippen LogP contribution in [0.3, 0.4) is 0 Å². The van der Waals surface area contributed by atoms with Crippen molar-refractivity contribution in [3.05, 3.63) is 29.6 Å². The SMILES string of the molecule is CN1C(NC(=O)OC(C)(C)C)=NC(C)(c2cc(N)ccc2F)C2(CC2)S1(=O)=O. The Balaban J connectivity index is 2.13. The fraction of sp³-hybridized carbons (Fsp3) is 0.556. The van der Waals surface area contributed by atoms with Gasteiger partial charge in [-0.2, -0.15) is 0 Å². The Bertz CT molecular complexity index is 966. The second kappa shape index (κ2) is 6.07. The maximum atomic E-state index is 14.7. The predicted molar refractivity (Wildman–Crippen MR) is 104 cm³/mol. The average Bonchev–Trinajstić information content (AvgIpc) is 3.35. The first-order valence-corrected chi connectivity index (χ1v) is 10.3. The van der Waals surface area contributed by atoms with Crippen molar-refractivity contribution in [1.29, 1.82) is 0 Å². The number of hydrogen-bond donors (Lipinski definition) is 2. The number of ether oxygens (including phenoxy) is 1. The van der Waals surface area contributed by atoms with Gasteiger partial charge in [-0.05, 0) is 58.7 Å². The van der Waals surface area contributed by atoms with Crippen LogP contribution in [-0.2, 0) is 20.3 Å². The molecule has 1 aliphatic carbocycles. The normalized spacial score (nSPS) is 25.2. The summed E-state index contributed by atoms with van der Waals surface area (Å²) in [6.45, 7) is 6.60. The van der Waals surface area contributed by atoms with Crippen LogP contribution >= 0.6 is 0 Å². The zero-order valence-corrected chi connectivity index (χ0v) is 17.4. The van der Waals surface area contributed by atoms with Crippen LogP contribution in [0.4, 0.5) is 14.9 Å². The molecular formula is C18H25FN4O4S. The molecule has 1 saturated carbocycles. The third-order valence-corrected chi connectivity index (χ3v) is 7.89. The van der Waals surface area contributed by atoms with Crippen molar-refractivity contribution >= 4 is 27.8 Å². The Morgan fingerprint density at radius 3 is 2.50 bits per heavy atom. The number of rotatable bonds is 1. The minimum atomic E-state index is -3.93. The number of hydrogen-bond acceptors (Lipinski definition) is 6. The van der Waals surface area contributed by atoms with Gasteiger partial charge in [-0.1, -0.05) is 0 Å². The lowest BCUT2D eigenvalue weighted by molar-refractivity contribution is 0.0558. The number of aliphatic imine (C=N–C) groups is 1. The summed E-state index contributed by atoms with van der Waals surface area (Å²) in [5.74, 6) is -0.834. The van der Waals surface area contributed by atoms with Gasteiger partial charge in [0.1, 0.15) is 21.7 Å². The van der Waals surface area contributed by atoms with Crippen LogP contribution in [0.15, 0.2) is 23.2 Å². The van der Waals surface area contributed by atoms with Crippen molar-refractivity contribution in [3.63, 3.8) is 0 Å². The van der Waals surface area contributed by atoms with Crippen LogP contribution in [0.1, 0.15) is 46.1 Å². The lowest BCUT2D eigenvalue weighted by Crippen LogP contribution is -2.60. The van der Waals surface area contributed by atoms with E-state index in [1.54, 1.807) is 27.7 Å². The molecule has 28 heavy (non-hydrogen) atoms. The maximum absolute atomic E-state index is 14.7. The molecule has 8 nitrogen and oxygen atoms in total. The molecule has 1 unspecified atom stereocenters. The van der Waals surface area contributed by atoms with E-state index in [1.165, 1.54) is 25.2 Å². The number of halogens is 1. The number of nitrogens with two attached hydrogens (primary N) is 1. The molecule has 10 heteroatoms. The van der Waals surface area contributed by atoms with Crippen LogP contribution in [-0.4, -0.2) is 42.2 Å². The molecule has 2 aliphatic rings. The number of anilines is 1. The van der Waals surface area contributed by atoms with Gasteiger partial charge in [-0.15, -0.1) is 0 Å². The molecule has 0 saturated heterocycles. The molecule has 1 heterocycles. The average molecular weight is 412 g/mol. The molecule has 0 radical (unpaired) electrons. The van der Waals surface area contributed by atoms with E-state index in [1.807, 2.05) is 0 Å². The number of nitrogens with one attached hydrogen (secondary N) is 1. The van der Waals surface area contributed by atoms with E-state index in [0.29, 0.717) is 18.5 Å². The predicted octanol–water partition coefficient (Wildman–Crippen LogP) is 2.31. The number of carbonyl (C=O) groups is 1. The van der Waals surface area contributed by atoms with E-state index < -0.39 is 37.8 Å². The third-order valence-electron chi connectivity index (χ3n) is 5.20. The highest BCUT2D eigenvalue weighted by Gasteiger charge is 2.71. The number of nitrogens with zero attached hydrogens (tertiary/aromatic N) is 2. The molecule has 1 spiro atoms. The Morgan fingerprint density at radius 1 is 1.36 bits per heavy atom. The number of amides is 1. The molecule has 1 aromatic carbocycles. The minimum Gasteiger partial charge on any atom is -0.444 e. The van der Waals surface area contributed by atoms with Gasteiger partial charge in [0, 0.05) is 18.3 Å². The van der Waals surface area contributed by atoms with E-state index in [4.69, 9.17) is 10.5 Å². The smallest absolute Gasteiger partial charge is 0.414 e. The van der Waals surface area contributed by atoms with Crippen molar-refractivity contribution in [2.24, 2.45) is 4.99 Å². The molecule has 154 valence electrons. The number of guanidine groups is 1. The van der Waals surface area contributed by atoms with Gasteiger partial charge < -0.3 is 10.5 Å². The van der Waals surface area contributed by atoms with Crippen molar-refractivity contribution < 1.29 is 22.3 Å². The fourth-order valence-corrected chi connectivity index (χ4v) is 5.71. The molecule has 0 aromatic heterocycles. The second-order valence-corrected chi connectivity index (χ2v) is 10.6. The van der Waals surface area contributed by atoms with E-state index >= 15 is 0 Å². The van der Waals surface area contributed by atoms with Gasteiger partial charge >= 0.3 is 6.09 Å². The summed E-state index contributed by atoms with van der Waals surface area (Å²) in [5.41, 5.74) is 3.95. The highest BCUT2D eigenvalue weighted by atomic mass is 32.2. The Kier molecular flexibility index (Phi) is 4.42. The van der Waals surface area contributed by atoms with E-state index in [2.05, 4.69) is 10.3 Å². The monoisotopic (exact) mass is 412 g/mol. The maximum Gasteiger partial charge on any atom is 0.414 e. The summed E-state index contributed by atoms with van der Waals surface area (Å²) < 4.78 is 46.0. The van der Waals surface area contributed by atoms with Crippen LogP contribution in [0.25, 0.3) is 0 Å². The van der Waals surface area contributed by atoms with Gasteiger partial charge in [0.05, 0.1) is 0 Å². The lowest BCUT2D eigenvalue weighted by atomic mass is 9.86. The summed E-state index contributed by atoms with van der Waals surface area (Å²) >= 11 is 0. The van der Waals surface area contributed by atoms with Gasteiger partial charge in [0.25, 0.3) is 0 Å². The second-order valence-electron chi connectivity index (χ2n) is 8.34. The first-order valence-electron chi connectivity index (χ1n) is 8.87. The lowest BCUT2D eigenvalue weighted by Gasteiger charge is -2.43. The molecule has 3 N–H and O–H groups in total. The molecular weight excluding hydrogens is 387 g/mol. The molecule has 1 amide bonds. The molecule has 1 aromatic rings. The van der Waals surface area contributed by atoms with E-state index in [0.717, 1.165) is 4.31 Å². The van der Waals surface area contributed by atoms with Crippen LogP contribution in [0.2, 0.25) is 0 Å². The number of alkyl carbamates (subject to hydrolysis) is 1. The van der Waals surface area contributed by atoms with Crippen LogP contribution < -0.4 is 11.1 Å². The van der Waals surface area contributed by atoms with Crippen molar-refractivity contribution in [2.75, 3.05) is 12.8 Å². The molecule has 0 bridgehead atoms.